The Labute approximate surface area is 114 Å². The summed E-state index contributed by atoms with van der Waals surface area (Å²) in [5.74, 6) is -0.240. The van der Waals surface area contributed by atoms with Crippen molar-refractivity contribution in [2.24, 2.45) is 0 Å². The molecule has 7 heteroatoms. The van der Waals surface area contributed by atoms with Crippen LogP contribution in [0.4, 0.5) is 4.79 Å². The summed E-state index contributed by atoms with van der Waals surface area (Å²) < 4.78 is 0. The number of rotatable bonds is 2. The Morgan fingerprint density at radius 3 is 2.89 bits per heavy atom. The maximum atomic E-state index is 12.2. The third-order valence-electron chi connectivity index (χ3n) is 3.46. The predicted molar refractivity (Wildman–Crippen MR) is 68.9 cm³/mol. The largest absolute Gasteiger partial charge is 0.336 e. The predicted octanol–water partition coefficient (Wildman–Crippen LogP) is 0.514. The molecule has 0 radical (unpaired) electrons. The third kappa shape index (κ3) is 2.10. The summed E-state index contributed by atoms with van der Waals surface area (Å²) in [5, 5.41) is 6.17. The van der Waals surface area contributed by atoms with Gasteiger partial charge in [-0.1, -0.05) is 0 Å². The molecule has 2 saturated heterocycles. The molecule has 0 spiro atoms. The highest BCUT2D eigenvalue weighted by atomic mass is 32.1. The summed E-state index contributed by atoms with van der Waals surface area (Å²) in [6.45, 7) is 1.07. The van der Waals surface area contributed by atoms with Crippen molar-refractivity contribution < 1.29 is 14.4 Å². The minimum Gasteiger partial charge on any atom is -0.336 e. The summed E-state index contributed by atoms with van der Waals surface area (Å²) in [4.78, 5) is 38.3. The third-order valence-corrected chi connectivity index (χ3v) is 4.15. The molecular formula is C12H13N3O3S. The van der Waals surface area contributed by atoms with Crippen LogP contribution < -0.4 is 5.32 Å². The molecule has 1 aromatic rings. The van der Waals surface area contributed by atoms with E-state index in [4.69, 9.17) is 0 Å². The van der Waals surface area contributed by atoms with E-state index in [-0.39, 0.29) is 30.4 Å². The molecule has 2 aliphatic rings. The van der Waals surface area contributed by atoms with Gasteiger partial charge in [0.1, 0.15) is 0 Å². The first-order chi connectivity index (χ1) is 9.16. The summed E-state index contributed by atoms with van der Waals surface area (Å²) in [5.41, 5.74) is 0.669. The number of likely N-dealkylation sites (tertiary alicyclic amines) is 1. The van der Waals surface area contributed by atoms with Crippen molar-refractivity contribution in [1.82, 2.24) is 15.1 Å². The first kappa shape index (κ1) is 12.2. The molecular weight excluding hydrogens is 266 g/mol. The standard InChI is InChI=1S/C12H13N3O3S/c16-10-5-13-12(18)15(10)9-1-3-14(6-9)11(17)8-2-4-19-7-8/h2,4,7,9H,1,3,5-6H2,(H,13,18). The molecule has 1 atom stereocenters. The topological polar surface area (TPSA) is 69.7 Å². The molecule has 6 nitrogen and oxygen atoms in total. The van der Waals surface area contributed by atoms with Gasteiger partial charge in [0.15, 0.2) is 0 Å². The molecule has 0 saturated carbocycles. The molecule has 0 bridgehead atoms. The average Bonchev–Trinajstić information content (AvgIpc) is 3.10. The molecule has 3 rings (SSSR count). The Morgan fingerprint density at radius 2 is 2.26 bits per heavy atom. The monoisotopic (exact) mass is 279 g/mol. The van der Waals surface area contributed by atoms with E-state index in [1.807, 2.05) is 10.8 Å². The lowest BCUT2D eigenvalue weighted by Gasteiger charge is -2.21. The molecule has 4 amide bonds. The quantitative estimate of drug-likeness (QED) is 0.802. The summed E-state index contributed by atoms with van der Waals surface area (Å²) >= 11 is 1.48. The molecule has 0 aliphatic carbocycles. The number of nitrogens with one attached hydrogen (secondary N) is 1. The summed E-state index contributed by atoms with van der Waals surface area (Å²) in [6.07, 6.45) is 0.648. The zero-order valence-corrected chi connectivity index (χ0v) is 11.0. The van der Waals surface area contributed by atoms with Crippen LogP contribution in [0.25, 0.3) is 0 Å². The van der Waals surface area contributed by atoms with Crippen LogP contribution in [0, 0.1) is 0 Å². The Bertz CT molecular complexity index is 512. The lowest BCUT2D eigenvalue weighted by atomic mass is 10.2. The Kier molecular flexibility index (Phi) is 2.98. The van der Waals surface area contributed by atoms with Crippen LogP contribution in [0.1, 0.15) is 16.8 Å². The lowest BCUT2D eigenvalue weighted by Crippen LogP contribution is -2.42. The molecule has 3 heterocycles. The Morgan fingerprint density at radius 1 is 1.42 bits per heavy atom. The number of carbonyl (C=O) groups is 3. The van der Waals surface area contributed by atoms with Gasteiger partial charge in [-0.25, -0.2) is 4.79 Å². The van der Waals surface area contributed by atoms with Gasteiger partial charge in [-0.05, 0) is 17.9 Å². The van der Waals surface area contributed by atoms with E-state index in [0.717, 1.165) is 0 Å². The van der Waals surface area contributed by atoms with Gasteiger partial charge in [0, 0.05) is 18.5 Å². The Balaban J connectivity index is 1.69. The van der Waals surface area contributed by atoms with Crippen molar-refractivity contribution in [2.75, 3.05) is 19.6 Å². The summed E-state index contributed by atoms with van der Waals surface area (Å²) in [6, 6.07) is 1.24. The number of hydrogen-bond donors (Lipinski definition) is 1. The number of imide groups is 1. The van der Waals surface area contributed by atoms with E-state index in [2.05, 4.69) is 5.32 Å². The number of nitrogens with zero attached hydrogens (tertiary/aromatic N) is 2. The minimum atomic E-state index is -0.347. The van der Waals surface area contributed by atoms with E-state index < -0.39 is 0 Å². The van der Waals surface area contributed by atoms with Crippen LogP contribution in [-0.2, 0) is 4.79 Å². The van der Waals surface area contributed by atoms with Crippen LogP contribution >= 0.6 is 11.3 Å². The van der Waals surface area contributed by atoms with E-state index >= 15 is 0 Å². The fourth-order valence-electron chi connectivity index (χ4n) is 2.51. The van der Waals surface area contributed by atoms with E-state index in [1.165, 1.54) is 16.2 Å². The molecule has 19 heavy (non-hydrogen) atoms. The molecule has 100 valence electrons. The second-order valence-corrected chi connectivity index (χ2v) is 5.41. The van der Waals surface area contributed by atoms with Crippen LogP contribution in [0.3, 0.4) is 0 Å². The maximum Gasteiger partial charge on any atom is 0.324 e. The zero-order valence-electron chi connectivity index (χ0n) is 10.2. The molecule has 0 aromatic carbocycles. The highest BCUT2D eigenvalue weighted by molar-refractivity contribution is 7.08. The van der Waals surface area contributed by atoms with E-state index in [0.29, 0.717) is 25.1 Å². The second kappa shape index (κ2) is 4.65. The molecule has 1 N–H and O–H groups in total. The normalized spacial score (nSPS) is 23.1. The fraction of sp³-hybridized carbons (Fsp3) is 0.417. The molecule has 1 unspecified atom stereocenters. The first-order valence-corrected chi connectivity index (χ1v) is 7.02. The number of amides is 4. The number of hydrogen-bond acceptors (Lipinski definition) is 4. The van der Waals surface area contributed by atoms with Gasteiger partial charge in [-0.2, -0.15) is 11.3 Å². The van der Waals surface area contributed by atoms with Crippen LogP contribution in [0.2, 0.25) is 0 Å². The van der Waals surface area contributed by atoms with Crippen LogP contribution in [0.15, 0.2) is 16.8 Å². The van der Waals surface area contributed by atoms with Crippen LogP contribution in [0.5, 0.6) is 0 Å². The van der Waals surface area contributed by atoms with Crippen molar-refractivity contribution in [3.05, 3.63) is 22.4 Å². The van der Waals surface area contributed by atoms with Gasteiger partial charge in [0.25, 0.3) is 5.91 Å². The first-order valence-electron chi connectivity index (χ1n) is 6.08. The molecule has 2 aliphatic heterocycles. The molecule has 2 fully saturated rings. The van der Waals surface area contributed by atoms with Gasteiger partial charge in [-0.3, -0.25) is 14.5 Å². The Hall–Kier alpha value is -1.89. The highest BCUT2D eigenvalue weighted by Crippen LogP contribution is 2.20. The zero-order chi connectivity index (χ0) is 13.4. The molecule has 1 aromatic heterocycles. The number of carbonyl (C=O) groups excluding carboxylic acids is 3. The smallest absolute Gasteiger partial charge is 0.324 e. The van der Waals surface area contributed by atoms with Crippen molar-refractivity contribution in [2.45, 2.75) is 12.5 Å². The van der Waals surface area contributed by atoms with E-state index in [1.54, 1.807) is 11.0 Å². The summed E-state index contributed by atoms with van der Waals surface area (Å²) in [7, 11) is 0. The van der Waals surface area contributed by atoms with Crippen molar-refractivity contribution in [3.8, 4) is 0 Å². The van der Waals surface area contributed by atoms with Gasteiger partial charge < -0.3 is 10.2 Å². The lowest BCUT2D eigenvalue weighted by molar-refractivity contribution is -0.126. The SMILES string of the molecule is O=C(c1ccsc1)N1CCC(N2C(=O)CNC2=O)C1. The van der Waals surface area contributed by atoms with Gasteiger partial charge in [0.05, 0.1) is 18.2 Å². The van der Waals surface area contributed by atoms with Crippen molar-refractivity contribution >= 4 is 29.2 Å². The van der Waals surface area contributed by atoms with Crippen LogP contribution in [-0.4, -0.2) is 53.3 Å². The van der Waals surface area contributed by atoms with Gasteiger partial charge in [-0.15, -0.1) is 0 Å². The van der Waals surface area contributed by atoms with Crippen molar-refractivity contribution in [3.63, 3.8) is 0 Å². The van der Waals surface area contributed by atoms with Crippen molar-refractivity contribution in [1.29, 1.82) is 0 Å². The van der Waals surface area contributed by atoms with E-state index in [9.17, 15) is 14.4 Å². The van der Waals surface area contributed by atoms with Gasteiger partial charge in [0.2, 0.25) is 5.91 Å². The fourth-order valence-corrected chi connectivity index (χ4v) is 3.14. The van der Waals surface area contributed by atoms with Gasteiger partial charge >= 0.3 is 6.03 Å². The second-order valence-electron chi connectivity index (χ2n) is 4.63. The number of urea groups is 1. The average molecular weight is 279 g/mol. The minimum absolute atomic E-state index is 0.0317. The number of thiophene rings is 1. The maximum absolute atomic E-state index is 12.2. The highest BCUT2D eigenvalue weighted by Gasteiger charge is 2.39.